The Hall–Kier alpha value is 0.550. The molecule has 0 spiro atoms. The lowest BCUT2D eigenvalue weighted by molar-refractivity contribution is 1.49. The number of benzene rings is 1. The Kier molecular flexibility index (Phi) is 3.07. The highest BCUT2D eigenvalue weighted by Gasteiger charge is 2.05. The molecule has 0 amide bonds. The normalized spacial score (nSPS) is 11.0. The molecule has 0 atom stereocenters. The fraction of sp³-hybridized carbons (Fsp3) is 0.111. The maximum atomic E-state index is 5.77. The molecule has 4 heteroatoms. The van der Waals surface area contributed by atoms with Crippen LogP contribution < -0.4 is 0 Å². The highest BCUT2D eigenvalue weighted by molar-refractivity contribution is 14.1. The number of hydrogen-bond donors (Lipinski definition) is 1. The van der Waals surface area contributed by atoms with Gasteiger partial charge in [0.15, 0.2) is 0 Å². The third-order valence-corrected chi connectivity index (χ3v) is 5.16. The molecule has 0 radical (unpaired) electrons. The van der Waals surface area contributed by atoms with Crippen molar-refractivity contribution in [2.24, 2.45) is 0 Å². The van der Waals surface area contributed by atoms with Crippen molar-refractivity contribution in [1.82, 2.24) is 0 Å². The molecule has 13 heavy (non-hydrogen) atoms. The third-order valence-electron chi connectivity index (χ3n) is 1.81. The summed E-state index contributed by atoms with van der Waals surface area (Å²) in [6.07, 6.45) is 0. The minimum Gasteiger partial charge on any atom is -0.142 e. The molecule has 0 nitrogen and oxygen atoms in total. The molecule has 2 rings (SSSR count). The summed E-state index contributed by atoms with van der Waals surface area (Å²) in [5, 5.41) is 1.22. The topological polar surface area (TPSA) is 0 Å². The smallest absolute Gasteiger partial charge is 0.0568 e. The van der Waals surface area contributed by atoms with Crippen molar-refractivity contribution in [2.75, 3.05) is 0 Å². The standard InChI is InChI=1S/C9H6ClIS2/c10-4-5-3-6-8(13-5)2-1-7(11)9(6)12/h1-3,12H,4H2. The van der Waals surface area contributed by atoms with Crippen LogP contribution in [-0.4, -0.2) is 0 Å². The first-order chi connectivity index (χ1) is 6.22. The Morgan fingerprint density at radius 1 is 1.46 bits per heavy atom. The maximum absolute atomic E-state index is 5.77. The molecule has 0 aliphatic heterocycles. The third kappa shape index (κ3) is 1.84. The summed E-state index contributed by atoms with van der Waals surface area (Å²) < 4.78 is 2.45. The molecule has 0 aliphatic carbocycles. The number of rotatable bonds is 1. The van der Waals surface area contributed by atoms with Gasteiger partial charge in [-0.15, -0.1) is 35.6 Å². The van der Waals surface area contributed by atoms with Gasteiger partial charge in [-0.25, -0.2) is 0 Å². The predicted octanol–water partition coefficient (Wildman–Crippen LogP) is 4.53. The van der Waals surface area contributed by atoms with Gasteiger partial charge in [0.2, 0.25) is 0 Å². The summed E-state index contributed by atoms with van der Waals surface area (Å²) in [5.41, 5.74) is 0. The number of alkyl halides is 1. The highest BCUT2D eigenvalue weighted by Crippen LogP contribution is 2.33. The van der Waals surface area contributed by atoms with E-state index in [1.165, 1.54) is 18.5 Å². The van der Waals surface area contributed by atoms with E-state index in [1.54, 1.807) is 11.3 Å². The van der Waals surface area contributed by atoms with Crippen LogP contribution in [0.3, 0.4) is 0 Å². The van der Waals surface area contributed by atoms with Crippen molar-refractivity contribution in [1.29, 1.82) is 0 Å². The van der Waals surface area contributed by atoms with Crippen LogP contribution >= 0.6 is 58.2 Å². The molecule has 68 valence electrons. The van der Waals surface area contributed by atoms with Gasteiger partial charge in [0, 0.05) is 23.4 Å². The van der Waals surface area contributed by atoms with E-state index in [0.717, 1.165) is 4.90 Å². The largest absolute Gasteiger partial charge is 0.142 e. The van der Waals surface area contributed by atoms with Crippen LogP contribution in [0.1, 0.15) is 4.88 Å². The second kappa shape index (κ2) is 3.96. The molecular formula is C9H6ClIS2. The SMILES string of the molecule is Sc1c(I)ccc2sc(CCl)cc12. The van der Waals surface area contributed by atoms with E-state index >= 15 is 0 Å². The molecule has 0 N–H and O–H groups in total. The van der Waals surface area contributed by atoms with Crippen molar-refractivity contribution in [3.05, 3.63) is 26.6 Å². The molecule has 0 saturated heterocycles. The minimum absolute atomic E-state index is 0.586. The number of halogens is 2. The van der Waals surface area contributed by atoms with Gasteiger partial charge in [-0.2, -0.15) is 0 Å². The van der Waals surface area contributed by atoms with Gasteiger partial charge in [-0.05, 0) is 40.8 Å². The van der Waals surface area contributed by atoms with E-state index in [0.29, 0.717) is 5.88 Å². The Bertz CT molecular complexity index is 450. The maximum Gasteiger partial charge on any atom is 0.0568 e. The van der Waals surface area contributed by atoms with E-state index in [4.69, 9.17) is 11.6 Å². The number of thiophene rings is 1. The second-order valence-electron chi connectivity index (χ2n) is 2.65. The summed E-state index contributed by atoms with van der Waals surface area (Å²) in [5.74, 6) is 0.586. The first-order valence-electron chi connectivity index (χ1n) is 3.68. The van der Waals surface area contributed by atoms with Gasteiger partial charge >= 0.3 is 0 Å². The molecule has 1 heterocycles. The average Bonchev–Trinajstić information content (AvgIpc) is 2.55. The van der Waals surface area contributed by atoms with Crippen LogP contribution in [0.25, 0.3) is 10.1 Å². The van der Waals surface area contributed by atoms with Crippen LogP contribution in [0.4, 0.5) is 0 Å². The molecule has 0 bridgehead atoms. The van der Waals surface area contributed by atoms with Gasteiger partial charge in [0.25, 0.3) is 0 Å². The molecule has 0 aliphatic rings. The van der Waals surface area contributed by atoms with E-state index in [-0.39, 0.29) is 0 Å². The van der Waals surface area contributed by atoms with Crippen LogP contribution in [0.2, 0.25) is 0 Å². The fourth-order valence-corrected chi connectivity index (χ4v) is 3.16. The number of hydrogen-bond acceptors (Lipinski definition) is 2. The zero-order chi connectivity index (χ0) is 9.42. The molecule has 1 aromatic carbocycles. The summed E-state index contributed by atoms with van der Waals surface area (Å²) in [6, 6.07) is 6.33. The Morgan fingerprint density at radius 2 is 2.23 bits per heavy atom. The summed E-state index contributed by atoms with van der Waals surface area (Å²) in [6.45, 7) is 0. The number of thiol groups is 1. The Morgan fingerprint density at radius 3 is 2.92 bits per heavy atom. The Balaban J connectivity index is 2.76. The molecule has 0 fully saturated rings. The molecular weight excluding hydrogens is 335 g/mol. The van der Waals surface area contributed by atoms with Crippen molar-refractivity contribution < 1.29 is 0 Å². The molecule has 0 saturated carbocycles. The van der Waals surface area contributed by atoms with Crippen LogP contribution in [-0.2, 0) is 5.88 Å². The lowest BCUT2D eigenvalue weighted by Gasteiger charge is -1.96. The van der Waals surface area contributed by atoms with Crippen LogP contribution in [0.5, 0.6) is 0 Å². The second-order valence-corrected chi connectivity index (χ2v) is 5.70. The van der Waals surface area contributed by atoms with Gasteiger partial charge in [0.05, 0.1) is 5.88 Å². The summed E-state index contributed by atoms with van der Waals surface area (Å²) in [4.78, 5) is 2.26. The highest BCUT2D eigenvalue weighted by atomic mass is 127. The first-order valence-corrected chi connectivity index (χ1v) is 6.56. The Labute approximate surface area is 105 Å². The summed E-state index contributed by atoms with van der Waals surface area (Å²) in [7, 11) is 0. The summed E-state index contributed by atoms with van der Waals surface area (Å²) >= 11 is 14.3. The van der Waals surface area contributed by atoms with E-state index in [2.05, 4.69) is 53.4 Å². The zero-order valence-corrected chi connectivity index (χ0v) is 11.2. The van der Waals surface area contributed by atoms with Gasteiger partial charge in [-0.1, -0.05) is 0 Å². The molecule has 1 aromatic heterocycles. The van der Waals surface area contributed by atoms with Crippen molar-refractivity contribution >= 4 is 68.2 Å². The van der Waals surface area contributed by atoms with Crippen LogP contribution in [0, 0.1) is 3.57 Å². The lowest BCUT2D eigenvalue weighted by Crippen LogP contribution is -1.73. The van der Waals surface area contributed by atoms with Crippen molar-refractivity contribution in [3.8, 4) is 0 Å². The van der Waals surface area contributed by atoms with E-state index in [1.807, 2.05) is 0 Å². The minimum atomic E-state index is 0.586. The first kappa shape index (κ1) is 10.1. The van der Waals surface area contributed by atoms with Crippen molar-refractivity contribution in [2.45, 2.75) is 10.8 Å². The van der Waals surface area contributed by atoms with Gasteiger partial charge < -0.3 is 0 Å². The van der Waals surface area contributed by atoms with Gasteiger partial charge in [-0.3, -0.25) is 0 Å². The lowest BCUT2D eigenvalue weighted by atomic mass is 10.2. The predicted molar refractivity (Wildman–Crippen MR) is 71.4 cm³/mol. The van der Waals surface area contributed by atoms with E-state index in [9.17, 15) is 0 Å². The van der Waals surface area contributed by atoms with Gasteiger partial charge in [0.1, 0.15) is 0 Å². The van der Waals surface area contributed by atoms with Crippen LogP contribution in [0.15, 0.2) is 23.1 Å². The number of fused-ring (bicyclic) bond motifs is 1. The zero-order valence-electron chi connectivity index (χ0n) is 6.55. The quantitative estimate of drug-likeness (QED) is 0.440. The fourth-order valence-electron chi connectivity index (χ4n) is 1.19. The van der Waals surface area contributed by atoms with E-state index < -0.39 is 0 Å². The molecule has 2 aromatic rings. The molecule has 0 unspecified atom stereocenters. The van der Waals surface area contributed by atoms with Crippen molar-refractivity contribution in [3.63, 3.8) is 0 Å². The monoisotopic (exact) mass is 340 g/mol. The average molecular weight is 341 g/mol.